The van der Waals surface area contributed by atoms with E-state index in [-0.39, 0.29) is 0 Å². The van der Waals surface area contributed by atoms with E-state index in [2.05, 4.69) is 35.0 Å². The summed E-state index contributed by atoms with van der Waals surface area (Å²) in [6, 6.07) is 10.1. The third-order valence-corrected chi connectivity index (χ3v) is 4.40. The molecular weight excluding hydrogens is 298 g/mol. The minimum Gasteiger partial charge on any atom is -0.488 e. The first-order valence-corrected chi connectivity index (χ1v) is 6.96. The molecule has 1 aromatic carbocycles. The highest BCUT2D eigenvalue weighted by molar-refractivity contribution is 9.10. The summed E-state index contributed by atoms with van der Waals surface area (Å²) in [5.74, 6) is 0.897. The SMILES string of the molecule is Cc1cc(OCc2ccc(CN)s2)ccc1Br. The number of hydrogen-bond donors (Lipinski definition) is 1. The Morgan fingerprint density at radius 3 is 2.65 bits per heavy atom. The lowest BCUT2D eigenvalue weighted by Gasteiger charge is -2.06. The lowest BCUT2D eigenvalue weighted by atomic mass is 10.2. The van der Waals surface area contributed by atoms with Gasteiger partial charge in [0.25, 0.3) is 0 Å². The molecule has 2 rings (SSSR count). The van der Waals surface area contributed by atoms with E-state index in [1.165, 1.54) is 15.3 Å². The Labute approximate surface area is 114 Å². The molecule has 0 fully saturated rings. The highest BCUT2D eigenvalue weighted by atomic mass is 79.9. The van der Waals surface area contributed by atoms with Gasteiger partial charge in [0.2, 0.25) is 0 Å². The monoisotopic (exact) mass is 311 g/mol. The number of hydrogen-bond acceptors (Lipinski definition) is 3. The van der Waals surface area contributed by atoms with Gasteiger partial charge >= 0.3 is 0 Å². The first kappa shape index (κ1) is 12.6. The van der Waals surface area contributed by atoms with Gasteiger partial charge in [-0.15, -0.1) is 11.3 Å². The van der Waals surface area contributed by atoms with E-state index in [9.17, 15) is 0 Å². The van der Waals surface area contributed by atoms with Gasteiger partial charge in [-0.2, -0.15) is 0 Å². The van der Waals surface area contributed by atoms with Crippen molar-refractivity contribution in [1.82, 2.24) is 0 Å². The first-order chi connectivity index (χ1) is 8.19. The molecule has 0 spiro atoms. The van der Waals surface area contributed by atoms with E-state index in [4.69, 9.17) is 10.5 Å². The third kappa shape index (κ3) is 3.31. The Balaban J connectivity index is 1.99. The van der Waals surface area contributed by atoms with Crippen LogP contribution in [0.2, 0.25) is 0 Å². The lowest BCUT2D eigenvalue weighted by molar-refractivity contribution is 0.309. The molecule has 0 saturated heterocycles. The molecule has 90 valence electrons. The molecule has 0 bridgehead atoms. The molecule has 0 atom stereocenters. The molecule has 0 radical (unpaired) electrons. The van der Waals surface area contributed by atoms with Gasteiger partial charge < -0.3 is 10.5 Å². The van der Waals surface area contributed by atoms with E-state index < -0.39 is 0 Å². The summed E-state index contributed by atoms with van der Waals surface area (Å²) in [7, 11) is 0. The van der Waals surface area contributed by atoms with Crippen molar-refractivity contribution in [2.45, 2.75) is 20.1 Å². The molecule has 0 saturated carbocycles. The van der Waals surface area contributed by atoms with E-state index in [0.717, 1.165) is 10.2 Å². The average Bonchev–Trinajstić information content (AvgIpc) is 2.79. The zero-order valence-corrected chi connectivity index (χ0v) is 12.0. The topological polar surface area (TPSA) is 35.2 Å². The van der Waals surface area contributed by atoms with Crippen LogP contribution in [-0.4, -0.2) is 0 Å². The summed E-state index contributed by atoms with van der Waals surface area (Å²) in [5.41, 5.74) is 6.75. The Morgan fingerprint density at radius 2 is 2.00 bits per heavy atom. The summed E-state index contributed by atoms with van der Waals surface area (Å²) < 4.78 is 6.84. The summed E-state index contributed by atoms with van der Waals surface area (Å²) in [6.07, 6.45) is 0. The molecule has 0 aliphatic rings. The van der Waals surface area contributed by atoms with Crippen LogP contribution < -0.4 is 10.5 Å². The fourth-order valence-corrected chi connectivity index (χ4v) is 2.53. The molecular formula is C13H14BrNOS. The van der Waals surface area contributed by atoms with Crippen molar-refractivity contribution in [2.24, 2.45) is 5.73 Å². The number of thiophene rings is 1. The molecule has 2 N–H and O–H groups in total. The lowest BCUT2D eigenvalue weighted by Crippen LogP contribution is -1.93. The minimum atomic E-state index is 0.599. The van der Waals surface area contributed by atoms with Crippen molar-refractivity contribution >= 4 is 27.3 Å². The predicted molar refractivity (Wildman–Crippen MR) is 75.4 cm³/mol. The van der Waals surface area contributed by atoms with Gasteiger partial charge in [-0.05, 0) is 42.8 Å². The van der Waals surface area contributed by atoms with Crippen molar-refractivity contribution in [3.63, 3.8) is 0 Å². The van der Waals surface area contributed by atoms with E-state index >= 15 is 0 Å². The number of nitrogens with two attached hydrogens (primary N) is 1. The summed E-state index contributed by atoms with van der Waals surface area (Å²) in [6.45, 7) is 3.25. The Hall–Kier alpha value is -0.840. The van der Waals surface area contributed by atoms with Gasteiger partial charge in [-0.1, -0.05) is 15.9 Å². The molecule has 0 aliphatic carbocycles. The van der Waals surface area contributed by atoms with Crippen LogP contribution in [0.1, 0.15) is 15.3 Å². The van der Waals surface area contributed by atoms with Crippen LogP contribution in [0.25, 0.3) is 0 Å². The summed E-state index contributed by atoms with van der Waals surface area (Å²) >= 11 is 5.17. The zero-order valence-electron chi connectivity index (χ0n) is 9.57. The van der Waals surface area contributed by atoms with Gasteiger partial charge in [0, 0.05) is 20.8 Å². The molecule has 0 unspecified atom stereocenters. The highest BCUT2D eigenvalue weighted by Crippen LogP contribution is 2.23. The minimum absolute atomic E-state index is 0.599. The maximum Gasteiger partial charge on any atom is 0.122 e. The average molecular weight is 312 g/mol. The van der Waals surface area contributed by atoms with E-state index in [1.807, 2.05) is 18.2 Å². The number of rotatable bonds is 4. The van der Waals surface area contributed by atoms with E-state index in [1.54, 1.807) is 11.3 Å². The standard InChI is InChI=1S/C13H14BrNOS/c1-9-6-10(2-5-13(9)14)16-8-12-4-3-11(7-15)17-12/h2-6H,7-8,15H2,1H3. The normalized spacial score (nSPS) is 10.5. The summed E-state index contributed by atoms with van der Waals surface area (Å²) in [4.78, 5) is 2.39. The highest BCUT2D eigenvalue weighted by Gasteiger charge is 2.01. The third-order valence-electron chi connectivity index (χ3n) is 2.43. The van der Waals surface area contributed by atoms with Crippen molar-refractivity contribution in [3.8, 4) is 5.75 Å². The van der Waals surface area contributed by atoms with Crippen LogP contribution in [0.3, 0.4) is 0 Å². The maximum absolute atomic E-state index is 5.73. The van der Waals surface area contributed by atoms with Crippen molar-refractivity contribution in [3.05, 3.63) is 50.1 Å². The number of benzene rings is 1. The van der Waals surface area contributed by atoms with Crippen LogP contribution >= 0.6 is 27.3 Å². The fraction of sp³-hybridized carbons (Fsp3) is 0.231. The van der Waals surface area contributed by atoms with Crippen LogP contribution in [0, 0.1) is 6.92 Å². The fourth-order valence-electron chi connectivity index (χ4n) is 1.47. The van der Waals surface area contributed by atoms with Crippen molar-refractivity contribution in [2.75, 3.05) is 0 Å². The molecule has 4 heteroatoms. The van der Waals surface area contributed by atoms with Crippen LogP contribution in [0.5, 0.6) is 5.75 Å². The zero-order chi connectivity index (χ0) is 12.3. The first-order valence-electron chi connectivity index (χ1n) is 5.35. The van der Waals surface area contributed by atoms with Gasteiger partial charge in [0.1, 0.15) is 12.4 Å². The molecule has 0 amide bonds. The molecule has 0 aliphatic heterocycles. The quantitative estimate of drug-likeness (QED) is 0.930. The molecule has 17 heavy (non-hydrogen) atoms. The van der Waals surface area contributed by atoms with Crippen LogP contribution in [0.4, 0.5) is 0 Å². The van der Waals surface area contributed by atoms with Gasteiger partial charge in [-0.3, -0.25) is 0 Å². The molecule has 1 heterocycles. The largest absolute Gasteiger partial charge is 0.488 e. The van der Waals surface area contributed by atoms with Crippen LogP contribution in [-0.2, 0) is 13.2 Å². The van der Waals surface area contributed by atoms with Gasteiger partial charge in [0.15, 0.2) is 0 Å². The van der Waals surface area contributed by atoms with Crippen molar-refractivity contribution < 1.29 is 4.74 Å². The van der Waals surface area contributed by atoms with E-state index in [0.29, 0.717) is 13.2 Å². The van der Waals surface area contributed by atoms with Gasteiger partial charge in [0.05, 0.1) is 0 Å². The second-order valence-electron chi connectivity index (χ2n) is 3.77. The Morgan fingerprint density at radius 1 is 1.24 bits per heavy atom. The number of halogens is 1. The Kier molecular flexibility index (Phi) is 4.20. The van der Waals surface area contributed by atoms with Crippen LogP contribution in [0.15, 0.2) is 34.8 Å². The molecule has 2 aromatic rings. The smallest absolute Gasteiger partial charge is 0.122 e. The predicted octanol–water partition coefficient (Wildman–Crippen LogP) is 3.86. The Bertz CT molecular complexity index is 510. The molecule has 1 aromatic heterocycles. The second-order valence-corrected chi connectivity index (χ2v) is 5.88. The maximum atomic E-state index is 5.73. The second kappa shape index (κ2) is 5.67. The van der Waals surface area contributed by atoms with Gasteiger partial charge in [-0.25, -0.2) is 0 Å². The summed E-state index contributed by atoms with van der Waals surface area (Å²) in [5, 5.41) is 0. The number of ether oxygens (including phenoxy) is 1. The molecule has 2 nitrogen and oxygen atoms in total. The van der Waals surface area contributed by atoms with Crippen molar-refractivity contribution in [1.29, 1.82) is 0 Å². The number of aryl methyl sites for hydroxylation is 1.